The molecular formula is C14H17ClN4O2. The maximum atomic E-state index is 6.00. The van der Waals surface area contributed by atoms with Gasteiger partial charge in [-0.05, 0) is 18.2 Å². The van der Waals surface area contributed by atoms with Crippen molar-refractivity contribution in [1.29, 1.82) is 0 Å². The fraction of sp³-hybridized carbons (Fsp3) is 0.286. The van der Waals surface area contributed by atoms with Crippen LogP contribution in [0.2, 0.25) is 5.02 Å². The summed E-state index contributed by atoms with van der Waals surface area (Å²) in [5.74, 6) is 2.04. The number of benzene rings is 1. The Kier molecular flexibility index (Phi) is 5.59. The Hall–Kier alpha value is -2.05. The van der Waals surface area contributed by atoms with Gasteiger partial charge < -0.3 is 20.1 Å². The van der Waals surface area contributed by atoms with Gasteiger partial charge in [-0.1, -0.05) is 11.6 Å². The van der Waals surface area contributed by atoms with Crippen LogP contribution in [0.5, 0.6) is 5.75 Å². The maximum absolute atomic E-state index is 6.00. The molecule has 0 unspecified atom stereocenters. The minimum Gasteiger partial charge on any atom is -0.495 e. The summed E-state index contributed by atoms with van der Waals surface area (Å²) < 4.78 is 10.3. The summed E-state index contributed by atoms with van der Waals surface area (Å²) in [4.78, 5) is 8.31. The SMILES string of the molecule is COCCNc1cc(Nc2cc(Cl)ccc2OC)ncn1. The van der Waals surface area contributed by atoms with Crippen molar-refractivity contribution in [3.05, 3.63) is 35.6 Å². The van der Waals surface area contributed by atoms with Gasteiger partial charge in [-0.3, -0.25) is 0 Å². The normalized spacial score (nSPS) is 10.2. The number of anilines is 3. The first-order valence-corrected chi connectivity index (χ1v) is 6.76. The van der Waals surface area contributed by atoms with Gasteiger partial charge in [-0.25, -0.2) is 9.97 Å². The summed E-state index contributed by atoms with van der Waals surface area (Å²) in [6.45, 7) is 1.28. The molecule has 0 bridgehead atoms. The molecule has 0 fully saturated rings. The van der Waals surface area contributed by atoms with E-state index in [1.165, 1.54) is 6.33 Å². The molecule has 0 saturated heterocycles. The predicted octanol–water partition coefficient (Wildman–Crippen LogP) is 2.94. The number of hydrogen-bond acceptors (Lipinski definition) is 6. The number of halogens is 1. The molecule has 2 aromatic rings. The summed E-state index contributed by atoms with van der Waals surface area (Å²) >= 11 is 6.00. The van der Waals surface area contributed by atoms with Crippen LogP contribution in [-0.4, -0.2) is 37.3 Å². The standard InChI is InChI=1S/C14H17ClN4O2/c1-20-6-5-16-13-8-14(18-9-17-13)19-11-7-10(15)3-4-12(11)21-2/h3-4,7-9H,5-6H2,1-2H3,(H2,16,17,18,19). The van der Waals surface area contributed by atoms with Crippen LogP contribution in [0.1, 0.15) is 0 Å². The van der Waals surface area contributed by atoms with Crippen molar-refractivity contribution in [2.24, 2.45) is 0 Å². The molecule has 2 N–H and O–H groups in total. The molecule has 0 radical (unpaired) electrons. The highest BCUT2D eigenvalue weighted by Gasteiger charge is 2.06. The van der Waals surface area contributed by atoms with Crippen LogP contribution >= 0.6 is 11.6 Å². The van der Waals surface area contributed by atoms with E-state index in [9.17, 15) is 0 Å². The minimum absolute atomic E-state index is 0.606. The van der Waals surface area contributed by atoms with Crippen LogP contribution < -0.4 is 15.4 Å². The third-order valence-corrected chi connectivity index (χ3v) is 2.94. The van der Waals surface area contributed by atoms with Gasteiger partial charge in [0.2, 0.25) is 0 Å². The van der Waals surface area contributed by atoms with Crippen molar-refractivity contribution >= 4 is 28.9 Å². The second-order valence-corrected chi connectivity index (χ2v) is 4.61. The van der Waals surface area contributed by atoms with E-state index in [-0.39, 0.29) is 0 Å². The third kappa shape index (κ3) is 4.47. The molecule has 0 aliphatic carbocycles. The molecule has 0 atom stereocenters. The lowest BCUT2D eigenvalue weighted by molar-refractivity contribution is 0.210. The van der Waals surface area contributed by atoms with E-state index in [4.69, 9.17) is 21.1 Å². The zero-order chi connectivity index (χ0) is 15.1. The summed E-state index contributed by atoms with van der Waals surface area (Å²) in [7, 11) is 3.26. The average molecular weight is 309 g/mol. The van der Waals surface area contributed by atoms with Gasteiger partial charge in [0.25, 0.3) is 0 Å². The average Bonchev–Trinajstić information content (AvgIpc) is 2.48. The van der Waals surface area contributed by atoms with Gasteiger partial charge in [0.15, 0.2) is 0 Å². The Morgan fingerprint density at radius 3 is 2.71 bits per heavy atom. The molecule has 1 aromatic carbocycles. The molecular weight excluding hydrogens is 292 g/mol. The third-order valence-electron chi connectivity index (χ3n) is 2.70. The lowest BCUT2D eigenvalue weighted by Crippen LogP contribution is -2.09. The highest BCUT2D eigenvalue weighted by atomic mass is 35.5. The van der Waals surface area contributed by atoms with Crippen molar-refractivity contribution in [1.82, 2.24) is 9.97 Å². The highest BCUT2D eigenvalue weighted by Crippen LogP contribution is 2.30. The van der Waals surface area contributed by atoms with Crippen LogP contribution in [0.15, 0.2) is 30.6 Å². The molecule has 1 heterocycles. The summed E-state index contributed by atoms with van der Waals surface area (Å²) in [5, 5.41) is 6.92. The first-order chi connectivity index (χ1) is 10.2. The van der Waals surface area contributed by atoms with Gasteiger partial charge in [-0.15, -0.1) is 0 Å². The molecule has 0 aliphatic rings. The molecule has 0 aliphatic heterocycles. The molecule has 0 amide bonds. The number of nitrogens with zero attached hydrogens (tertiary/aromatic N) is 2. The number of ether oxygens (including phenoxy) is 2. The van der Waals surface area contributed by atoms with E-state index in [0.717, 1.165) is 5.69 Å². The maximum Gasteiger partial charge on any atom is 0.142 e. The Morgan fingerprint density at radius 2 is 1.95 bits per heavy atom. The van der Waals surface area contributed by atoms with Gasteiger partial charge in [0.05, 0.1) is 19.4 Å². The quantitative estimate of drug-likeness (QED) is 0.767. The van der Waals surface area contributed by atoms with Crippen LogP contribution in [0.4, 0.5) is 17.3 Å². The molecule has 21 heavy (non-hydrogen) atoms. The van der Waals surface area contributed by atoms with Gasteiger partial charge >= 0.3 is 0 Å². The van der Waals surface area contributed by atoms with E-state index in [0.29, 0.717) is 35.6 Å². The van der Waals surface area contributed by atoms with Gasteiger partial charge in [-0.2, -0.15) is 0 Å². The van der Waals surface area contributed by atoms with Crippen molar-refractivity contribution < 1.29 is 9.47 Å². The number of nitrogens with one attached hydrogen (secondary N) is 2. The number of aromatic nitrogens is 2. The molecule has 112 valence electrons. The molecule has 0 spiro atoms. The summed E-state index contributed by atoms with van der Waals surface area (Å²) in [5.41, 5.74) is 0.742. The topological polar surface area (TPSA) is 68.3 Å². The smallest absolute Gasteiger partial charge is 0.142 e. The van der Waals surface area contributed by atoms with Crippen LogP contribution in [0.25, 0.3) is 0 Å². The summed E-state index contributed by atoms with van der Waals surface area (Å²) in [6.07, 6.45) is 1.48. The number of methoxy groups -OCH3 is 2. The molecule has 2 rings (SSSR count). The van der Waals surface area contributed by atoms with Crippen molar-refractivity contribution in [3.8, 4) is 5.75 Å². The Morgan fingerprint density at radius 1 is 1.14 bits per heavy atom. The van der Waals surface area contributed by atoms with Crippen LogP contribution in [-0.2, 0) is 4.74 Å². The Bertz CT molecular complexity index is 595. The zero-order valence-corrected chi connectivity index (χ0v) is 12.6. The fourth-order valence-corrected chi connectivity index (χ4v) is 1.89. The van der Waals surface area contributed by atoms with E-state index < -0.39 is 0 Å². The van der Waals surface area contributed by atoms with E-state index in [2.05, 4.69) is 20.6 Å². The van der Waals surface area contributed by atoms with Crippen LogP contribution in [0.3, 0.4) is 0 Å². The zero-order valence-electron chi connectivity index (χ0n) is 11.9. The highest BCUT2D eigenvalue weighted by molar-refractivity contribution is 6.31. The Labute approximate surface area is 128 Å². The van der Waals surface area contributed by atoms with E-state index >= 15 is 0 Å². The largest absolute Gasteiger partial charge is 0.495 e. The lowest BCUT2D eigenvalue weighted by atomic mass is 10.3. The van der Waals surface area contributed by atoms with Gasteiger partial charge in [0, 0.05) is 24.7 Å². The second-order valence-electron chi connectivity index (χ2n) is 4.18. The Balaban J connectivity index is 2.12. The molecule has 1 aromatic heterocycles. The fourth-order valence-electron chi connectivity index (χ4n) is 1.72. The van der Waals surface area contributed by atoms with Crippen molar-refractivity contribution in [2.45, 2.75) is 0 Å². The molecule has 6 nitrogen and oxygen atoms in total. The van der Waals surface area contributed by atoms with Crippen LogP contribution in [0, 0.1) is 0 Å². The van der Waals surface area contributed by atoms with Gasteiger partial charge in [0.1, 0.15) is 23.7 Å². The first-order valence-electron chi connectivity index (χ1n) is 6.38. The number of rotatable bonds is 7. The monoisotopic (exact) mass is 308 g/mol. The summed E-state index contributed by atoms with van der Waals surface area (Å²) in [6, 6.07) is 7.14. The van der Waals surface area contributed by atoms with E-state index in [1.807, 2.05) is 0 Å². The van der Waals surface area contributed by atoms with Crippen molar-refractivity contribution in [3.63, 3.8) is 0 Å². The lowest BCUT2D eigenvalue weighted by Gasteiger charge is -2.12. The van der Waals surface area contributed by atoms with Crippen molar-refractivity contribution in [2.75, 3.05) is 38.0 Å². The molecule has 0 saturated carbocycles. The predicted molar refractivity (Wildman–Crippen MR) is 83.7 cm³/mol. The minimum atomic E-state index is 0.606. The molecule has 7 heteroatoms. The number of hydrogen-bond donors (Lipinski definition) is 2. The van der Waals surface area contributed by atoms with E-state index in [1.54, 1.807) is 38.5 Å². The second kappa shape index (κ2) is 7.66. The first kappa shape index (κ1) is 15.3.